The van der Waals surface area contributed by atoms with E-state index in [1.165, 1.54) is 6.07 Å². The molecule has 1 aromatic carbocycles. The normalized spacial score (nSPS) is 9.76. The van der Waals surface area contributed by atoms with E-state index in [1.54, 1.807) is 13.0 Å². The third kappa shape index (κ3) is 3.88. The minimum absolute atomic E-state index is 0.308. The molecule has 0 spiro atoms. The van der Waals surface area contributed by atoms with Gasteiger partial charge in [0.2, 0.25) is 0 Å². The van der Waals surface area contributed by atoms with E-state index in [1.807, 2.05) is 22.6 Å². The molecule has 0 saturated heterocycles. The highest BCUT2D eigenvalue weighted by Crippen LogP contribution is 2.33. The molecule has 0 aliphatic heterocycles. The Kier molecular flexibility index (Phi) is 5.20. The number of carboxylic acid groups (broad SMARTS) is 1. The number of rotatable bonds is 6. The van der Waals surface area contributed by atoms with Gasteiger partial charge in [0, 0.05) is 5.56 Å². The number of aliphatic carboxylic acids is 1. The summed E-state index contributed by atoms with van der Waals surface area (Å²) in [5.74, 6) is -0.660. The maximum Gasteiger partial charge on any atom is 0.175 e. The lowest BCUT2D eigenvalue weighted by Crippen LogP contribution is -2.29. The fourth-order valence-electron chi connectivity index (χ4n) is 1.19. The molecule has 0 fully saturated rings. The number of carboxylic acids is 1. The molecule has 0 N–H and O–H groups in total. The highest BCUT2D eigenvalue weighted by Gasteiger charge is 2.12. The standard InChI is InChI=1S/C11H11IO5/c1-2-16-9-4-7(5-13)3-8(12)11(9)17-6-10(14)15/h3-5H,2,6H2,1H3,(H,14,15)/p-1. The lowest BCUT2D eigenvalue weighted by atomic mass is 10.2. The summed E-state index contributed by atoms with van der Waals surface area (Å²) in [6.45, 7) is 1.61. The van der Waals surface area contributed by atoms with E-state index in [-0.39, 0.29) is 0 Å². The molecule has 1 aromatic rings. The fourth-order valence-corrected chi connectivity index (χ4v) is 1.97. The molecule has 0 aliphatic rings. The van der Waals surface area contributed by atoms with Crippen molar-refractivity contribution in [3.8, 4) is 11.5 Å². The van der Waals surface area contributed by atoms with Gasteiger partial charge in [-0.2, -0.15) is 0 Å². The molecule has 0 aliphatic carbocycles. The average Bonchev–Trinajstić information content (AvgIpc) is 2.27. The van der Waals surface area contributed by atoms with Crippen molar-refractivity contribution < 1.29 is 24.2 Å². The summed E-state index contributed by atoms with van der Waals surface area (Å²) in [7, 11) is 0. The molecule has 0 saturated carbocycles. The van der Waals surface area contributed by atoms with Gasteiger partial charge in [-0.1, -0.05) is 0 Å². The van der Waals surface area contributed by atoms with Gasteiger partial charge in [0.25, 0.3) is 0 Å². The quantitative estimate of drug-likeness (QED) is 0.556. The lowest BCUT2D eigenvalue weighted by molar-refractivity contribution is -0.307. The minimum atomic E-state index is -1.32. The molecule has 0 aromatic heterocycles. The fraction of sp³-hybridized carbons (Fsp3) is 0.273. The summed E-state index contributed by atoms with van der Waals surface area (Å²) in [6, 6.07) is 3.09. The van der Waals surface area contributed by atoms with Gasteiger partial charge in [0.1, 0.15) is 12.9 Å². The molecule has 1 rings (SSSR count). The van der Waals surface area contributed by atoms with Crippen LogP contribution in [0.2, 0.25) is 0 Å². The van der Waals surface area contributed by atoms with Gasteiger partial charge in [0.05, 0.1) is 16.1 Å². The second-order valence-electron chi connectivity index (χ2n) is 3.04. The van der Waals surface area contributed by atoms with Gasteiger partial charge >= 0.3 is 0 Å². The Morgan fingerprint density at radius 2 is 2.18 bits per heavy atom. The van der Waals surface area contributed by atoms with Crippen LogP contribution in [0.3, 0.4) is 0 Å². The highest BCUT2D eigenvalue weighted by molar-refractivity contribution is 14.1. The number of carbonyl (C=O) groups excluding carboxylic acids is 2. The Morgan fingerprint density at radius 1 is 1.47 bits per heavy atom. The van der Waals surface area contributed by atoms with Crippen LogP contribution in [0, 0.1) is 3.57 Å². The van der Waals surface area contributed by atoms with Crippen molar-refractivity contribution >= 4 is 34.8 Å². The summed E-state index contributed by atoms with van der Waals surface area (Å²) in [6.07, 6.45) is 0.688. The van der Waals surface area contributed by atoms with Crippen LogP contribution in [-0.4, -0.2) is 25.5 Å². The van der Waals surface area contributed by atoms with Crippen LogP contribution in [0.4, 0.5) is 0 Å². The van der Waals surface area contributed by atoms with Crippen LogP contribution in [0.15, 0.2) is 12.1 Å². The molecule has 92 valence electrons. The van der Waals surface area contributed by atoms with Crippen LogP contribution in [-0.2, 0) is 4.79 Å². The molecule has 0 radical (unpaired) electrons. The topological polar surface area (TPSA) is 75.7 Å². The van der Waals surface area contributed by atoms with Crippen molar-refractivity contribution in [2.45, 2.75) is 6.92 Å². The van der Waals surface area contributed by atoms with Crippen molar-refractivity contribution in [3.05, 3.63) is 21.3 Å². The number of aldehydes is 1. The maximum absolute atomic E-state index is 10.7. The molecule has 0 unspecified atom stereocenters. The molecule has 0 heterocycles. The van der Waals surface area contributed by atoms with Crippen LogP contribution >= 0.6 is 22.6 Å². The van der Waals surface area contributed by atoms with Crippen molar-refractivity contribution in [2.24, 2.45) is 0 Å². The SMILES string of the molecule is CCOc1cc(C=O)cc(I)c1OCC(=O)[O-]. The van der Waals surface area contributed by atoms with E-state index in [0.717, 1.165) is 0 Å². The molecule has 6 heteroatoms. The Morgan fingerprint density at radius 3 is 2.71 bits per heavy atom. The summed E-state index contributed by atoms with van der Waals surface area (Å²) < 4.78 is 11.0. The zero-order chi connectivity index (χ0) is 12.8. The Labute approximate surface area is 112 Å². The van der Waals surface area contributed by atoms with Crippen LogP contribution in [0.5, 0.6) is 11.5 Å². The summed E-state index contributed by atoms with van der Waals surface area (Å²) in [5, 5.41) is 10.3. The first-order valence-corrected chi connectivity index (χ1v) is 5.90. The Bertz CT molecular complexity index is 430. The summed E-state index contributed by atoms with van der Waals surface area (Å²) in [5.41, 5.74) is 0.443. The predicted molar refractivity (Wildman–Crippen MR) is 66.2 cm³/mol. The van der Waals surface area contributed by atoms with Crippen molar-refractivity contribution in [1.82, 2.24) is 0 Å². The molecule has 0 atom stereocenters. The van der Waals surface area contributed by atoms with Crippen molar-refractivity contribution in [3.63, 3.8) is 0 Å². The van der Waals surface area contributed by atoms with Crippen molar-refractivity contribution in [1.29, 1.82) is 0 Å². The van der Waals surface area contributed by atoms with Crippen LogP contribution in [0.25, 0.3) is 0 Å². The molecular formula is C11H10IO5-. The maximum atomic E-state index is 10.7. The van der Waals surface area contributed by atoms with E-state index < -0.39 is 12.6 Å². The van der Waals surface area contributed by atoms with Crippen LogP contribution < -0.4 is 14.6 Å². The van der Waals surface area contributed by atoms with Crippen LogP contribution in [0.1, 0.15) is 17.3 Å². The Hall–Kier alpha value is -1.31. The first-order chi connectivity index (χ1) is 8.08. The molecule has 5 nitrogen and oxygen atoms in total. The average molecular weight is 349 g/mol. The number of ether oxygens (including phenoxy) is 2. The van der Waals surface area contributed by atoms with Gasteiger partial charge in [-0.15, -0.1) is 0 Å². The monoisotopic (exact) mass is 349 g/mol. The zero-order valence-corrected chi connectivity index (χ0v) is 11.2. The highest BCUT2D eigenvalue weighted by atomic mass is 127. The number of hydrogen-bond donors (Lipinski definition) is 0. The molecular weight excluding hydrogens is 339 g/mol. The van der Waals surface area contributed by atoms with E-state index in [9.17, 15) is 14.7 Å². The largest absolute Gasteiger partial charge is 0.546 e. The molecule has 17 heavy (non-hydrogen) atoms. The number of carbonyl (C=O) groups is 2. The van der Waals surface area contributed by atoms with Gasteiger partial charge < -0.3 is 19.4 Å². The Balaban J connectivity index is 3.06. The number of hydrogen-bond acceptors (Lipinski definition) is 5. The minimum Gasteiger partial charge on any atom is -0.546 e. The van der Waals surface area contributed by atoms with Crippen molar-refractivity contribution in [2.75, 3.05) is 13.2 Å². The molecule has 0 amide bonds. The zero-order valence-electron chi connectivity index (χ0n) is 9.07. The lowest BCUT2D eigenvalue weighted by Gasteiger charge is -2.14. The van der Waals surface area contributed by atoms with E-state index in [4.69, 9.17) is 9.47 Å². The smallest absolute Gasteiger partial charge is 0.175 e. The van der Waals surface area contributed by atoms with E-state index in [0.29, 0.717) is 33.5 Å². The number of halogens is 1. The summed E-state index contributed by atoms with van der Waals surface area (Å²) >= 11 is 1.94. The second-order valence-corrected chi connectivity index (χ2v) is 4.20. The van der Waals surface area contributed by atoms with Gasteiger partial charge in [-0.05, 0) is 41.6 Å². The third-order valence-electron chi connectivity index (χ3n) is 1.80. The first-order valence-electron chi connectivity index (χ1n) is 4.82. The molecule has 0 bridgehead atoms. The predicted octanol–water partition coefficient (Wildman–Crippen LogP) is 0.631. The van der Waals surface area contributed by atoms with E-state index in [2.05, 4.69) is 0 Å². The van der Waals surface area contributed by atoms with Gasteiger partial charge in [0.15, 0.2) is 11.5 Å². The first kappa shape index (κ1) is 13.8. The third-order valence-corrected chi connectivity index (χ3v) is 2.60. The second kappa shape index (κ2) is 6.43. The number of benzene rings is 1. The van der Waals surface area contributed by atoms with Gasteiger partial charge in [-0.25, -0.2) is 0 Å². The summed E-state index contributed by atoms with van der Waals surface area (Å²) in [4.78, 5) is 21.0. The van der Waals surface area contributed by atoms with E-state index >= 15 is 0 Å². The van der Waals surface area contributed by atoms with Gasteiger partial charge in [-0.3, -0.25) is 4.79 Å².